The van der Waals surface area contributed by atoms with Gasteiger partial charge < -0.3 is 19.9 Å². The first-order valence-corrected chi connectivity index (χ1v) is 5.34. The molecule has 4 heteroatoms. The van der Waals surface area contributed by atoms with Crippen molar-refractivity contribution in [1.29, 1.82) is 0 Å². The number of aliphatic hydroxyl groups excluding tert-OH is 1. The molecule has 0 aromatic rings. The van der Waals surface area contributed by atoms with E-state index < -0.39 is 0 Å². The third-order valence-corrected chi connectivity index (χ3v) is 2.62. The van der Waals surface area contributed by atoms with E-state index in [0.29, 0.717) is 25.2 Å². The Morgan fingerprint density at radius 3 is 3.07 bits per heavy atom. The van der Waals surface area contributed by atoms with E-state index in [9.17, 15) is 0 Å². The second kappa shape index (κ2) is 7.17. The zero-order valence-corrected chi connectivity index (χ0v) is 8.87. The maximum Gasteiger partial charge on any atom is 0.0698 e. The second-order valence-electron chi connectivity index (χ2n) is 3.70. The van der Waals surface area contributed by atoms with E-state index in [0.717, 1.165) is 26.2 Å². The first kappa shape index (κ1) is 11.9. The summed E-state index contributed by atoms with van der Waals surface area (Å²) in [5.74, 6) is 0.646. The molecule has 2 atom stereocenters. The first-order valence-electron chi connectivity index (χ1n) is 5.34. The van der Waals surface area contributed by atoms with Crippen molar-refractivity contribution in [2.45, 2.75) is 19.4 Å². The van der Waals surface area contributed by atoms with E-state index in [2.05, 4.69) is 12.2 Å². The monoisotopic (exact) mass is 203 g/mol. The summed E-state index contributed by atoms with van der Waals surface area (Å²) in [5.41, 5.74) is 0. The van der Waals surface area contributed by atoms with Gasteiger partial charge in [0.05, 0.1) is 26.4 Å². The molecule has 1 fully saturated rings. The summed E-state index contributed by atoms with van der Waals surface area (Å²) in [7, 11) is 0. The molecule has 0 aliphatic carbocycles. The molecule has 2 N–H and O–H groups in total. The van der Waals surface area contributed by atoms with Crippen molar-refractivity contribution in [3.05, 3.63) is 0 Å². The number of rotatable bonds is 7. The summed E-state index contributed by atoms with van der Waals surface area (Å²) in [4.78, 5) is 0. The first-order chi connectivity index (χ1) is 6.84. The molecule has 0 radical (unpaired) electrons. The lowest BCUT2D eigenvalue weighted by molar-refractivity contribution is 0.0913. The molecule has 0 amide bonds. The molecule has 0 aromatic heterocycles. The zero-order valence-electron chi connectivity index (χ0n) is 8.87. The van der Waals surface area contributed by atoms with Crippen LogP contribution in [0.15, 0.2) is 0 Å². The highest BCUT2D eigenvalue weighted by molar-refractivity contribution is 4.75. The van der Waals surface area contributed by atoms with Crippen molar-refractivity contribution in [3.63, 3.8) is 0 Å². The quantitative estimate of drug-likeness (QED) is 0.572. The van der Waals surface area contributed by atoms with Gasteiger partial charge in [-0.25, -0.2) is 0 Å². The third kappa shape index (κ3) is 4.37. The van der Waals surface area contributed by atoms with Gasteiger partial charge in [-0.3, -0.25) is 0 Å². The van der Waals surface area contributed by atoms with Crippen LogP contribution < -0.4 is 5.32 Å². The van der Waals surface area contributed by atoms with E-state index >= 15 is 0 Å². The fourth-order valence-corrected chi connectivity index (χ4v) is 1.64. The molecule has 1 saturated heterocycles. The molecule has 4 nitrogen and oxygen atoms in total. The molecule has 1 aliphatic rings. The lowest BCUT2D eigenvalue weighted by atomic mass is 10.0. The molecule has 84 valence electrons. The van der Waals surface area contributed by atoms with Gasteiger partial charge in [0.25, 0.3) is 0 Å². The summed E-state index contributed by atoms with van der Waals surface area (Å²) in [5, 5.41) is 11.9. The maximum absolute atomic E-state index is 8.49. The number of aliphatic hydroxyl groups is 1. The maximum atomic E-state index is 8.49. The summed E-state index contributed by atoms with van der Waals surface area (Å²) in [6.45, 7) is 6.01. The number of hydrogen-bond acceptors (Lipinski definition) is 4. The Morgan fingerprint density at radius 2 is 2.43 bits per heavy atom. The predicted molar refractivity (Wildman–Crippen MR) is 54.3 cm³/mol. The highest BCUT2D eigenvalue weighted by Gasteiger charge is 2.21. The molecule has 1 rings (SSSR count). The highest BCUT2D eigenvalue weighted by atomic mass is 16.5. The van der Waals surface area contributed by atoms with Crippen molar-refractivity contribution in [2.24, 2.45) is 5.92 Å². The van der Waals surface area contributed by atoms with Crippen LogP contribution in [0.2, 0.25) is 0 Å². The van der Waals surface area contributed by atoms with E-state index in [1.807, 2.05) is 0 Å². The van der Waals surface area contributed by atoms with Gasteiger partial charge in [-0.2, -0.15) is 0 Å². The average Bonchev–Trinajstić information content (AvgIpc) is 2.70. The van der Waals surface area contributed by atoms with Gasteiger partial charge >= 0.3 is 0 Å². The molecule has 2 unspecified atom stereocenters. The zero-order chi connectivity index (χ0) is 10.2. The smallest absolute Gasteiger partial charge is 0.0698 e. The Bertz CT molecular complexity index is 137. The normalized spacial score (nSPS) is 24.0. The van der Waals surface area contributed by atoms with Gasteiger partial charge in [-0.05, 0) is 19.3 Å². The van der Waals surface area contributed by atoms with Crippen LogP contribution in [0.1, 0.15) is 13.3 Å². The number of hydrogen-bond donors (Lipinski definition) is 2. The van der Waals surface area contributed by atoms with Crippen molar-refractivity contribution in [1.82, 2.24) is 5.32 Å². The molecule has 0 saturated carbocycles. The van der Waals surface area contributed by atoms with Crippen molar-refractivity contribution < 1.29 is 14.6 Å². The van der Waals surface area contributed by atoms with Crippen LogP contribution >= 0.6 is 0 Å². The van der Waals surface area contributed by atoms with Crippen LogP contribution in [0.4, 0.5) is 0 Å². The van der Waals surface area contributed by atoms with Crippen LogP contribution in [-0.4, -0.2) is 50.7 Å². The van der Waals surface area contributed by atoms with Gasteiger partial charge in [-0.15, -0.1) is 0 Å². The Labute approximate surface area is 85.6 Å². The predicted octanol–water partition coefficient (Wildman–Crippen LogP) is 0.00990. The number of nitrogens with one attached hydrogen (secondary N) is 1. The van der Waals surface area contributed by atoms with Crippen LogP contribution in [0.3, 0.4) is 0 Å². The molecule has 0 spiro atoms. The van der Waals surface area contributed by atoms with Gasteiger partial charge in [0.15, 0.2) is 0 Å². The summed E-state index contributed by atoms with van der Waals surface area (Å²) in [6, 6.07) is 0.496. The third-order valence-electron chi connectivity index (χ3n) is 2.62. The van der Waals surface area contributed by atoms with E-state index in [4.69, 9.17) is 14.6 Å². The molecule has 14 heavy (non-hydrogen) atoms. The van der Waals surface area contributed by atoms with Gasteiger partial charge in [0.2, 0.25) is 0 Å². The van der Waals surface area contributed by atoms with E-state index in [1.165, 1.54) is 0 Å². The number of ether oxygens (including phenoxy) is 2. The topological polar surface area (TPSA) is 50.7 Å². The lowest BCUT2D eigenvalue weighted by Crippen LogP contribution is -2.36. The van der Waals surface area contributed by atoms with Crippen molar-refractivity contribution >= 4 is 0 Å². The standard InChI is InChI=1S/C10H21NO3/c1-9(10-2-5-14-8-10)11-3-6-13-7-4-12/h9-12H,2-8H2,1H3. The summed E-state index contributed by atoms with van der Waals surface area (Å²) < 4.78 is 10.5. The molecule has 0 bridgehead atoms. The Balaban J connectivity index is 1.94. The van der Waals surface area contributed by atoms with Gasteiger partial charge in [-0.1, -0.05) is 0 Å². The summed E-state index contributed by atoms with van der Waals surface area (Å²) >= 11 is 0. The highest BCUT2D eigenvalue weighted by Crippen LogP contribution is 2.15. The molecular formula is C10H21NO3. The van der Waals surface area contributed by atoms with Crippen molar-refractivity contribution in [2.75, 3.05) is 39.6 Å². The fraction of sp³-hybridized carbons (Fsp3) is 1.00. The van der Waals surface area contributed by atoms with E-state index in [1.54, 1.807) is 0 Å². The van der Waals surface area contributed by atoms with Crippen LogP contribution in [-0.2, 0) is 9.47 Å². The molecule has 1 aliphatic heterocycles. The van der Waals surface area contributed by atoms with E-state index in [-0.39, 0.29) is 6.61 Å². The minimum Gasteiger partial charge on any atom is -0.394 e. The SMILES string of the molecule is CC(NCCOCCO)C1CCOC1. The van der Waals surface area contributed by atoms with Gasteiger partial charge in [0, 0.05) is 19.2 Å². The minimum absolute atomic E-state index is 0.103. The Kier molecular flexibility index (Phi) is 6.10. The van der Waals surface area contributed by atoms with Crippen LogP contribution in [0.5, 0.6) is 0 Å². The molecule has 1 heterocycles. The molecule has 0 aromatic carbocycles. The molecular weight excluding hydrogens is 182 g/mol. The lowest BCUT2D eigenvalue weighted by Gasteiger charge is -2.19. The van der Waals surface area contributed by atoms with Crippen LogP contribution in [0.25, 0.3) is 0 Å². The fourth-order valence-electron chi connectivity index (χ4n) is 1.64. The van der Waals surface area contributed by atoms with Gasteiger partial charge in [0.1, 0.15) is 0 Å². The summed E-state index contributed by atoms with van der Waals surface area (Å²) in [6.07, 6.45) is 1.16. The van der Waals surface area contributed by atoms with Crippen LogP contribution in [0, 0.1) is 5.92 Å². The Hall–Kier alpha value is -0.160. The largest absolute Gasteiger partial charge is 0.394 e. The second-order valence-corrected chi connectivity index (χ2v) is 3.70. The van der Waals surface area contributed by atoms with Crippen molar-refractivity contribution in [3.8, 4) is 0 Å². The minimum atomic E-state index is 0.103. The Morgan fingerprint density at radius 1 is 1.57 bits per heavy atom. The average molecular weight is 203 g/mol.